The van der Waals surface area contributed by atoms with E-state index in [0.717, 1.165) is 17.0 Å². The van der Waals surface area contributed by atoms with E-state index in [-0.39, 0.29) is 28.2 Å². The molecule has 0 aliphatic carbocycles. The van der Waals surface area contributed by atoms with Crippen LogP contribution in [-0.4, -0.2) is 50.5 Å². The minimum Gasteiger partial charge on any atom is -0.354 e. The van der Waals surface area contributed by atoms with E-state index in [9.17, 15) is 18.0 Å². The summed E-state index contributed by atoms with van der Waals surface area (Å²) in [6.07, 6.45) is 2.00. The number of hydrogen-bond acceptors (Lipinski definition) is 4. The van der Waals surface area contributed by atoms with Gasteiger partial charge in [-0.2, -0.15) is 0 Å². The Kier molecular flexibility index (Phi) is 11.0. The molecule has 2 rings (SSSR count). The van der Waals surface area contributed by atoms with Crippen LogP contribution in [0.25, 0.3) is 0 Å². The highest BCUT2D eigenvalue weighted by molar-refractivity contribution is 7.92. The maximum atomic E-state index is 13.6. The molecule has 2 aromatic carbocycles. The molecule has 7 nitrogen and oxygen atoms in total. The molecule has 2 aromatic rings. The summed E-state index contributed by atoms with van der Waals surface area (Å²) in [5, 5.41) is 3.94. The van der Waals surface area contributed by atoms with Gasteiger partial charge < -0.3 is 10.2 Å². The molecule has 0 unspecified atom stereocenters. The Balaban J connectivity index is 2.48. The summed E-state index contributed by atoms with van der Waals surface area (Å²) < 4.78 is 26.2. The van der Waals surface area contributed by atoms with Gasteiger partial charge in [-0.05, 0) is 48.7 Å². The number of benzene rings is 2. The molecule has 0 heterocycles. The largest absolute Gasteiger partial charge is 0.354 e. The van der Waals surface area contributed by atoms with E-state index in [1.807, 2.05) is 6.92 Å². The predicted molar refractivity (Wildman–Crippen MR) is 143 cm³/mol. The molecule has 35 heavy (non-hydrogen) atoms. The van der Waals surface area contributed by atoms with Crippen molar-refractivity contribution >= 4 is 73.9 Å². The maximum Gasteiger partial charge on any atom is 0.244 e. The molecule has 0 bridgehead atoms. The van der Waals surface area contributed by atoms with Crippen molar-refractivity contribution in [2.75, 3.05) is 23.7 Å². The lowest BCUT2D eigenvalue weighted by molar-refractivity contribution is -0.140. The Morgan fingerprint density at radius 1 is 0.971 bits per heavy atom. The first kappa shape index (κ1) is 29.5. The van der Waals surface area contributed by atoms with E-state index >= 15 is 0 Å². The maximum absolute atomic E-state index is 13.6. The molecule has 0 radical (unpaired) electrons. The van der Waals surface area contributed by atoms with Gasteiger partial charge in [0, 0.05) is 23.1 Å². The molecule has 0 aromatic heterocycles. The number of carbonyl (C=O) groups is 2. The molecular weight excluding hydrogens is 556 g/mol. The Morgan fingerprint density at radius 3 is 2.20 bits per heavy atom. The van der Waals surface area contributed by atoms with E-state index < -0.39 is 28.5 Å². The van der Waals surface area contributed by atoms with Gasteiger partial charge in [0.05, 0.1) is 22.0 Å². The van der Waals surface area contributed by atoms with Crippen molar-refractivity contribution in [3.63, 3.8) is 0 Å². The standard InChI is InChI=1S/C23H27Cl4N3O4S/c1-4-10-28-23(32)21(5-2)29(13-15-6-7-16(24)11-19(15)26)22(31)14-30(35(3,33)34)17-8-9-18(25)20(27)12-17/h6-9,11-12,21H,4-5,10,13-14H2,1-3H3,(H,28,32)/t21-/m0/s1. The van der Waals surface area contributed by atoms with E-state index in [0.29, 0.717) is 28.6 Å². The topological polar surface area (TPSA) is 86.8 Å². The molecule has 0 aliphatic heterocycles. The number of hydrogen-bond donors (Lipinski definition) is 1. The van der Waals surface area contributed by atoms with Gasteiger partial charge in [0.15, 0.2) is 0 Å². The van der Waals surface area contributed by atoms with Gasteiger partial charge in [-0.1, -0.05) is 66.3 Å². The lowest BCUT2D eigenvalue weighted by Crippen LogP contribution is -2.52. The number of carbonyl (C=O) groups excluding carboxylic acids is 2. The number of nitrogens with one attached hydrogen (secondary N) is 1. The van der Waals surface area contributed by atoms with Gasteiger partial charge in [0.1, 0.15) is 12.6 Å². The van der Waals surface area contributed by atoms with E-state index in [2.05, 4.69) is 5.32 Å². The van der Waals surface area contributed by atoms with Gasteiger partial charge in [-0.3, -0.25) is 13.9 Å². The monoisotopic (exact) mass is 581 g/mol. The van der Waals surface area contributed by atoms with Crippen LogP contribution in [0.1, 0.15) is 32.3 Å². The SMILES string of the molecule is CCCNC(=O)[C@H](CC)N(Cc1ccc(Cl)cc1Cl)C(=O)CN(c1ccc(Cl)c(Cl)c1)S(C)(=O)=O. The van der Waals surface area contributed by atoms with Gasteiger partial charge >= 0.3 is 0 Å². The smallest absolute Gasteiger partial charge is 0.244 e. The number of rotatable bonds is 11. The zero-order valence-corrected chi connectivity index (χ0v) is 23.4. The van der Waals surface area contributed by atoms with Crippen molar-refractivity contribution in [1.82, 2.24) is 10.2 Å². The van der Waals surface area contributed by atoms with E-state index in [1.165, 1.54) is 29.2 Å². The van der Waals surface area contributed by atoms with Crippen LogP contribution in [0.3, 0.4) is 0 Å². The van der Waals surface area contributed by atoms with Gasteiger partial charge in [0.25, 0.3) is 0 Å². The molecule has 0 fully saturated rings. The summed E-state index contributed by atoms with van der Waals surface area (Å²) in [4.78, 5) is 27.8. The quantitative estimate of drug-likeness (QED) is 0.384. The van der Waals surface area contributed by atoms with E-state index in [1.54, 1.807) is 19.1 Å². The average Bonchev–Trinajstić information content (AvgIpc) is 2.78. The molecule has 0 aliphatic rings. The van der Waals surface area contributed by atoms with Gasteiger partial charge in [-0.15, -0.1) is 0 Å². The molecular formula is C23H27Cl4N3O4S. The van der Waals surface area contributed by atoms with Gasteiger partial charge in [0.2, 0.25) is 21.8 Å². The first-order chi connectivity index (χ1) is 16.4. The van der Waals surface area contributed by atoms with Gasteiger partial charge in [-0.25, -0.2) is 8.42 Å². The zero-order valence-electron chi connectivity index (χ0n) is 19.5. The second-order valence-electron chi connectivity index (χ2n) is 7.84. The van der Waals surface area contributed by atoms with Crippen molar-refractivity contribution in [3.05, 3.63) is 62.1 Å². The summed E-state index contributed by atoms with van der Waals surface area (Å²) in [6.45, 7) is 3.55. The summed E-state index contributed by atoms with van der Waals surface area (Å²) in [7, 11) is -3.89. The third-order valence-electron chi connectivity index (χ3n) is 5.16. The van der Waals surface area contributed by atoms with Crippen LogP contribution in [0, 0.1) is 0 Å². The van der Waals surface area contributed by atoms with Crippen LogP contribution < -0.4 is 9.62 Å². The Hall–Kier alpha value is -1.71. The van der Waals surface area contributed by atoms with Crippen molar-refractivity contribution in [3.8, 4) is 0 Å². The van der Waals surface area contributed by atoms with Crippen molar-refractivity contribution in [2.24, 2.45) is 0 Å². The first-order valence-corrected chi connectivity index (χ1v) is 14.2. The summed E-state index contributed by atoms with van der Waals surface area (Å²) in [6, 6.07) is 8.24. The van der Waals surface area contributed by atoms with E-state index in [4.69, 9.17) is 46.4 Å². The molecule has 1 N–H and O–H groups in total. The number of halogens is 4. The highest BCUT2D eigenvalue weighted by Gasteiger charge is 2.32. The van der Waals surface area contributed by atoms with Crippen molar-refractivity contribution in [2.45, 2.75) is 39.3 Å². The Bertz CT molecular complexity index is 1180. The second kappa shape index (κ2) is 13.0. The van der Waals surface area contributed by atoms with Crippen LogP contribution >= 0.6 is 46.4 Å². The number of nitrogens with zero attached hydrogens (tertiary/aromatic N) is 2. The Labute approximate surface area is 226 Å². The van der Waals surface area contributed by atoms with Crippen LogP contribution in [0.5, 0.6) is 0 Å². The minimum atomic E-state index is -3.89. The lowest BCUT2D eigenvalue weighted by Gasteiger charge is -2.33. The Morgan fingerprint density at radius 2 is 1.66 bits per heavy atom. The third kappa shape index (κ3) is 8.15. The minimum absolute atomic E-state index is 0.0220. The fourth-order valence-electron chi connectivity index (χ4n) is 3.37. The molecule has 0 saturated heterocycles. The molecule has 0 spiro atoms. The number of anilines is 1. The van der Waals surface area contributed by atoms with Crippen LogP contribution in [0.15, 0.2) is 36.4 Å². The third-order valence-corrected chi connectivity index (χ3v) is 7.63. The molecule has 2 amide bonds. The normalized spacial score (nSPS) is 12.2. The summed E-state index contributed by atoms with van der Waals surface area (Å²) >= 11 is 24.4. The lowest BCUT2D eigenvalue weighted by atomic mass is 10.1. The zero-order chi connectivity index (χ0) is 26.3. The highest BCUT2D eigenvalue weighted by atomic mass is 35.5. The number of amides is 2. The highest BCUT2D eigenvalue weighted by Crippen LogP contribution is 2.29. The molecule has 12 heteroatoms. The fraction of sp³-hybridized carbons (Fsp3) is 0.391. The first-order valence-electron chi connectivity index (χ1n) is 10.8. The number of sulfonamides is 1. The summed E-state index contributed by atoms with van der Waals surface area (Å²) in [5.41, 5.74) is 0.731. The summed E-state index contributed by atoms with van der Waals surface area (Å²) in [5.74, 6) is -0.931. The molecule has 0 saturated carbocycles. The van der Waals surface area contributed by atoms with Crippen LogP contribution in [-0.2, 0) is 26.2 Å². The molecule has 192 valence electrons. The van der Waals surface area contributed by atoms with Crippen molar-refractivity contribution in [1.29, 1.82) is 0 Å². The molecule has 1 atom stereocenters. The predicted octanol–water partition coefficient (Wildman–Crippen LogP) is 5.40. The fourth-order valence-corrected chi connectivity index (χ4v) is 4.97. The second-order valence-corrected chi connectivity index (χ2v) is 11.4. The van der Waals surface area contributed by atoms with Crippen molar-refractivity contribution < 1.29 is 18.0 Å². The average molecular weight is 583 g/mol. The van der Waals surface area contributed by atoms with Crippen LogP contribution in [0.4, 0.5) is 5.69 Å². The van der Waals surface area contributed by atoms with Crippen LogP contribution in [0.2, 0.25) is 20.1 Å².